The highest BCUT2D eigenvalue weighted by atomic mass is 19.1. The highest BCUT2D eigenvalue weighted by molar-refractivity contribution is 5.93. The van der Waals surface area contributed by atoms with E-state index < -0.39 is 46.9 Å². The van der Waals surface area contributed by atoms with E-state index in [9.17, 15) is 22.8 Å². The largest absolute Gasteiger partial charge is 0.469 e. The second-order valence-corrected chi connectivity index (χ2v) is 8.25. The monoisotopic (exact) mass is 451 g/mol. The van der Waals surface area contributed by atoms with Crippen molar-refractivity contribution in [2.45, 2.75) is 44.2 Å². The molecule has 2 unspecified atom stereocenters. The van der Waals surface area contributed by atoms with Crippen LogP contribution in [0.1, 0.15) is 42.6 Å². The van der Waals surface area contributed by atoms with Gasteiger partial charge in [0.05, 0.1) is 18.6 Å². The Bertz CT molecular complexity index is 983. The van der Waals surface area contributed by atoms with E-state index in [1.165, 1.54) is 20.0 Å². The Hall–Kier alpha value is -2.88. The molecule has 32 heavy (non-hydrogen) atoms. The van der Waals surface area contributed by atoms with Crippen LogP contribution >= 0.6 is 0 Å². The van der Waals surface area contributed by atoms with Gasteiger partial charge >= 0.3 is 5.97 Å². The third-order valence-electron chi connectivity index (χ3n) is 6.30. The lowest BCUT2D eigenvalue weighted by Crippen LogP contribution is -2.55. The van der Waals surface area contributed by atoms with E-state index in [1.807, 2.05) is 0 Å². The molecule has 2 atom stereocenters. The smallest absolute Gasteiger partial charge is 0.312 e. The van der Waals surface area contributed by atoms with Crippen LogP contribution in [0.5, 0.6) is 0 Å². The lowest BCUT2D eigenvalue weighted by Gasteiger charge is -2.40. The summed E-state index contributed by atoms with van der Waals surface area (Å²) in [6, 6.07) is 2.07. The van der Waals surface area contributed by atoms with Crippen LogP contribution < -0.4 is 5.32 Å². The number of hydrogen-bond acceptors (Lipinski definition) is 6. The molecule has 2 aromatic rings. The fourth-order valence-corrected chi connectivity index (χ4v) is 4.66. The summed E-state index contributed by atoms with van der Waals surface area (Å²) in [5.74, 6) is -5.35. The first-order valence-corrected chi connectivity index (χ1v) is 10.6. The lowest BCUT2D eigenvalue weighted by molar-refractivity contribution is -0.148. The van der Waals surface area contributed by atoms with Gasteiger partial charge in [-0.15, -0.1) is 0 Å². The summed E-state index contributed by atoms with van der Waals surface area (Å²) in [7, 11) is 1.31. The summed E-state index contributed by atoms with van der Waals surface area (Å²) < 4.78 is 51.0. The van der Waals surface area contributed by atoms with Gasteiger partial charge in [0.2, 0.25) is 0 Å². The summed E-state index contributed by atoms with van der Waals surface area (Å²) in [6.07, 6.45) is 5.10. The summed E-state index contributed by atoms with van der Waals surface area (Å²) in [6.45, 7) is 1.22. The number of piperidine rings is 1. The summed E-state index contributed by atoms with van der Waals surface area (Å²) in [5, 5.41) is 6.37. The average molecular weight is 451 g/mol. The number of aromatic nitrogens is 1. The molecule has 10 heteroatoms. The molecule has 0 radical (unpaired) electrons. The molecule has 1 saturated carbocycles. The normalized spacial score (nSPS) is 22.1. The van der Waals surface area contributed by atoms with Crippen molar-refractivity contribution in [3.05, 3.63) is 41.3 Å². The van der Waals surface area contributed by atoms with Gasteiger partial charge in [0.15, 0.2) is 11.5 Å². The van der Waals surface area contributed by atoms with E-state index >= 15 is 0 Å². The van der Waals surface area contributed by atoms with Crippen molar-refractivity contribution >= 4 is 11.9 Å². The first-order valence-electron chi connectivity index (χ1n) is 10.6. The summed E-state index contributed by atoms with van der Waals surface area (Å²) in [4.78, 5) is 27.4. The third kappa shape index (κ3) is 4.50. The Morgan fingerprint density at radius 3 is 2.47 bits per heavy atom. The number of likely N-dealkylation sites (tertiary alicyclic amines) is 1. The second-order valence-electron chi connectivity index (χ2n) is 8.25. The number of nitrogens with zero attached hydrogens (tertiary/aromatic N) is 2. The summed E-state index contributed by atoms with van der Waals surface area (Å²) >= 11 is 0. The molecule has 7 nitrogen and oxygen atoms in total. The van der Waals surface area contributed by atoms with Crippen LogP contribution in [0, 0.1) is 23.4 Å². The van der Waals surface area contributed by atoms with E-state index in [4.69, 9.17) is 9.26 Å². The zero-order valence-electron chi connectivity index (χ0n) is 17.6. The van der Waals surface area contributed by atoms with Gasteiger partial charge in [0.1, 0.15) is 17.5 Å². The van der Waals surface area contributed by atoms with Crippen LogP contribution in [-0.2, 0) is 9.53 Å². The molecule has 1 aromatic heterocycles. The Kier molecular flexibility index (Phi) is 6.50. The lowest BCUT2D eigenvalue weighted by atomic mass is 9.90. The quantitative estimate of drug-likeness (QED) is 0.703. The standard InChI is InChI=1S/C22H24F3N3O4/c1-31-22(30)14-11-28(13-4-2-3-5-13)7-6-17(14)26-21(29)18-10-19(32-27-18)20-15(24)8-12(23)9-16(20)25/h8-10,13-14,17H,2-7,11H2,1H3,(H,26,29). The van der Waals surface area contributed by atoms with Gasteiger partial charge in [0, 0.05) is 43.4 Å². The number of benzene rings is 1. The molecule has 1 aliphatic heterocycles. The fourth-order valence-electron chi connectivity index (χ4n) is 4.66. The maximum absolute atomic E-state index is 14.0. The van der Waals surface area contributed by atoms with Crippen LogP contribution in [0.25, 0.3) is 11.3 Å². The first kappa shape index (κ1) is 22.3. The highest BCUT2D eigenvalue weighted by Crippen LogP contribution is 2.30. The maximum Gasteiger partial charge on any atom is 0.312 e. The van der Waals surface area contributed by atoms with Crippen molar-refractivity contribution in [2.75, 3.05) is 20.2 Å². The Morgan fingerprint density at radius 2 is 1.81 bits per heavy atom. The van der Waals surface area contributed by atoms with Crippen LogP contribution in [0.3, 0.4) is 0 Å². The Balaban J connectivity index is 1.48. The molecule has 0 spiro atoms. The van der Waals surface area contributed by atoms with E-state index in [0.717, 1.165) is 25.5 Å². The number of halogens is 3. The van der Waals surface area contributed by atoms with Crippen molar-refractivity contribution in [3.8, 4) is 11.3 Å². The molecule has 0 bridgehead atoms. The van der Waals surface area contributed by atoms with Crippen LogP contribution in [-0.4, -0.2) is 54.2 Å². The highest BCUT2D eigenvalue weighted by Gasteiger charge is 2.39. The molecule has 1 aliphatic carbocycles. The predicted octanol–water partition coefficient (Wildman–Crippen LogP) is 3.29. The van der Waals surface area contributed by atoms with Crippen molar-refractivity contribution in [3.63, 3.8) is 0 Å². The number of rotatable bonds is 5. The SMILES string of the molecule is COC(=O)C1CN(C2CCCC2)CCC1NC(=O)c1cc(-c2c(F)cc(F)cc2F)on1. The Labute approximate surface area is 182 Å². The first-order chi connectivity index (χ1) is 15.4. The summed E-state index contributed by atoms with van der Waals surface area (Å²) in [5.41, 5.74) is -0.819. The van der Waals surface area contributed by atoms with Gasteiger partial charge in [-0.1, -0.05) is 18.0 Å². The number of methoxy groups -OCH3 is 1. The second kappa shape index (κ2) is 9.32. The van der Waals surface area contributed by atoms with Crippen LogP contribution in [0.2, 0.25) is 0 Å². The van der Waals surface area contributed by atoms with Crippen molar-refractivity contribution in [1.29, 1.82) is 0 Å². The number of ether oxygens (including phenoxy) is 1. The molecular formula is C22H24F3N3O4. The minimum atomic E-state index is -1.17. The minimum absolute atomic E-state index is 0.204. The van der Waals surface area contributed by atoms with E-state index in [1.54, 1.807) is 0 Å². The maximum atomic E-state index is 14.0. The third-order valence-corrected chi connectivity index (χ3v) is 6.30. The Morgan fingerprint density at radius 1 is 1.12 bits per heavy atom. The van der Waals surface area contributed by atoms with Crippen molar-refractivity contribution < 1.29 is 32.0 Å². The van der Waals surface area contributed by atoms with Gasteiger partial charge in [-0.05, 0) is 19.3 Å². The number of hydrogen-bond donors (Lipinski definition) is 1. The van der Waals surface area contributed by atoms with Crippen LogP contribution in [0.15, 0.2) is 22.7 Å². The predicted molar refractivity (Wildman–Crippen MR) is 107 cm³/mol. The zero-order valence-corrected chi connectivity index (χ0v) is 17.6. The number of esters is 1. The van der Waals surface area contributed by atoms with E-state index in [0.29, 0.717) is 31.1 Å². The molecule has 1 N–H and O–H groups in total. The van der Waals surface area contributed by atoms with Crippen LogP contribution in [0.4, 0.5) is 13.2 Å². The number of amides is 1. The molecule has 172 valence electrons. The zero-order chi connectivity index (χ0) is 22.8. The number of carbonyl (C=O) groups excluding carboxylic acids is 2. The van der Waals surface area contributed by atoms with Gasteiger partial charge in [0.25, 0.3) is 5.91 Å². The van der Waals surface area contributed by atoms with Gasteiger partial charge < -0.3 is 14.6 Å². The topological polar surface area (TPSA) is 84.7 Å². The van der Waals surface area contributed by atoms with Gasteiger partial charge in [-0.25, -0.2) is 13.2 Å². The molecule has 1 aromatic carbocycles. The number of nitrogens with one attached hydrogen (secondary N) is 1. The molecule has 2 fully saturated rings. The van der Waals surface area contributed by atoms with Gasteiger partial charge in [-0.3, -0.25) is 14.5 Å². The van der Waals surface area contributed by atoms with Gasteiger partial charge in [-0.2, -0.15) is 0 Å². The van der Waals surface area contributed by atoms with Crippen molar-refractivity contribution in [2.24, 2.45) is 5.92 Å². The van der Waals surface area contributed by atoms with Crippen molar-refractivity contribution in [1.82, 2.24) is 15.4 Å². The molecular weight excluding hydrogens is 427 g/mol. The molecule has 1 amide bonds. The molecule has 4 rings (SSSR count). The fraction of sp³-hybridized carbons (Fsp3) is 0.500. The average Bonchev–Trinajstić information content (AvgIpc) is 3.45. The molecule has 1 saturated heterocycles. The number of carbonyl (C=O) groups is 2. The van der Waals surface area contributed by atoms with E-state index in [2.05, 4.69) is 15.4 Å². The molecule has 2 heterocycles. The molecule has 2 aliphatic rings. The minimum Gasteiger partial charge on any atom is -0.469 e. The van der Waals surface area contributed by atoms with E-state index in [-0.39, 0.29) is 11.5 Å².